The van der Waals surface area contributed by atoms with Gasteiger partial charge in [-0.25, -0.2) is 0 Å². The van der Waals surface area contributed by atoms with Gasteiger partial charge < -0.3 is 4.57 Å². The maximum absolute atomic E-state index is 5.34. The fourth-order valence-electron chi connectivity index (χ4n) is 1.56. The van der Waals surface area contributed by atoms with E-state index >= 15 is 0 Å². The van der Waals surface area contributed by atoms with E-state index in [0.717, 1.165) is 5.56 Å². The lowest BCUT2D eigenvalue weighted by Crippen LogP contribution is -1.89. The molecule has 0 saturated carbocycles. The molecule has 2 rings (SSSR count). The van der Waals surface area contributed by atoms with Crippen molar-refractivity contribution < 1.29 is 0 Å². The number of nitrogens with zero attached hydrogens (tertiary/aromatic N) is 1. The number of hydrogen-bond donors (Lipinski definition) is 0. The molecule has 0 atom stereocenters. The molecule has 0 saturated heterocycles. The van der Waals surface area contributed by atoms with Crippen LogP contribution in [0.5, 0.6) is 0 Å². The average Bonchev–Trinajstić information content (AvgIpc) is 2.43. The molecule has 1 heteroatoms. The molecule has 0 fully saturated rings. The van der Waals surface area contributed by atoms with E-state index in [2.05, 4.69) is 36.6 Å². The van der Waals surface area contributed by atoms with Gasteiger partial charge in [0.15, 0.2) is 0 Å². The van der Waals surface area contributed by atoms with Crippen molar-refractivity contribution >= 4 is 10.9 Å². The molecule has 0 unspecified atom stereocenters. The predicted octanol–water partition coefficient (Wildman–Crippen LogP) is 2.47. The molecule has 0 aliphatic heterocycles. The Hall–Kier alpha value is -1.68. The molecule has 0 bridgehead atoms. The highest BCUT2D eigenvalue weighted by Gasteiger charge is 2.01. The second-order valence-corrected chi connectivity index (χ2v) is 3.26. The molecule has 1 nitrogen and oxygen atoms in total. The van der Waals surface area contributed by atoms with E-state index in [1.54, 1.807) is 0 Å². The van der Waals surface area contributed by atoms with Crippen molar-refractivity contribution in [3.8, 4) is 12.3 Å². The number of benzene rings is 1. The van der Waals surface area contributed by atoms with Crippen molar-refractivity contribution in [3.05, 3.63) is 35.5 Å². The van der Waals surface area contributed by atoms with E-state index in [0.29, 0.717) is 0 Å². The van der Waals surface area contributed by atoms with Crippen LogP contribution in [0.1, 0.15) is 11.3 Å². The van der Waals surface area contributed by atoms with Gasteiger partial charge in [0.1, 0.15) is 0 Å². The quantitative estimate of drug-likeness (QED) is 0.534. The van der Waals surface area contributed by atoms with Gasteiger partial charge in [0.05, 0.1) is 0 Å². The molecule has 1 aromatic heterocycles. The van der Waals surface area contributed by atoms with E-state index in [1.807, 2.05) is 12.1 Å². The van der Waals surface area contributed by atoms with Crippen molar-refractivity contribution in [1.29, 1.82) is 0 Å². The Morgan fingerprint density at radius 2 is 2.08 bits per heavy atom. The Bertz CT molecular complexity index is 498. The Morgan fingerprint density at radius 3 is 2.77 bits per heavy atom. The van der Waals surface area contributed by atoms with Crippen LogP contribution in [0.3, 0.4) is 0 Å². The topological polar surface area (TPSA) is 4.93 Å². The van der Waals surface area contributed by atoms with Crippen LogP contribution in [-0.4, -0.2) is 4.57 Å². The zero-order valence-corrected chi connectivity index (χ0v) is 7.83. The zero-order valence-electron chi connectivity index (χ0n) is 7.83. The van der Waals surface area contributed by atoms with Crippen molar-refractivity contribution in [2.75, 3.05) is 0 Å². The number of fused-ring (bicyclic) bond motifs is 1. The summed E-state index contributed by atoms with van der Waals surface area (Å²) in [6, 6.07) is 8.25. The molecule has 2 aromatic rings. The monoisotopic (exact) mass is 169 g/mol. The number of terminal acetylenes is 1. The van der Waals surface area contributed by atoms with Crippen LogP contribution in [0.25, 0.3) is 10.9 Å². The minimum atomic E-state index is 0.939. The molecular formula is C12H11N. The molecule has 0 amide bonds. The summed E-state index contributed by atoms with van der Waals surface area (Å²) in [5.41, 5.74) is 3.39. The lowest BCUT2D eigenvalue weighted by Gasteiger charge is -1.98. The fraction of sp³-hybridized carbons (Fsp3) is 0.167. The van der Waals surface area contributed by atoms with Gasteiger partial charge in [-0.15, -0.1) is 6.42 Å². The first-order chi connectivity index (χ1) is 6.22. The third-order valence-corrected chi connectivity index (χ3v) is 2.45. The Labute approximate surface area is 78.0 Å². The van der Waals surface area contributed by atoms with E-state index < -0.39 is 0 Å². The highest BCUT2D eigenvalue weighted by atomic mass is 14.9. The second kappa shape index (κ2) is 2.67. The number of aryl methyl sites for hydroxylation is 2. The third-order valence-electron chi connectivity index (χ3n) is 2.45. The molecule has 0 aliphatic rings. The summed E-state index contributed by atoms with van der Waals surface area (Å²) in [4.78, 5) is 0. The molecule has 0 spiro atoms. The standard InChI is InChI=1S/C12H11N/c1-4-10-5-6-11-7-9(2)13(3)12(11)8-10/h1,5-8H,2-3H3. The van der Waals surface area contributed by atoms with Crippen LogP contribution in [-0.2, 0) is 7.05 Å². The van der Waals surface area contributed by atoms with Gasteiger partial charge in [-0.3, -0.25) is 0 Å². The van der Waals surface area contributed by atoms with E-state index in [-0.39, 0.29) is 0 Å². The van der Waals surface area contributed by atoms with Crippen molar-refractivity contribution in [2.45, 2.75) is 6.92 Å². The van der Waals surface area contributed by atoms with Crippen molar-refractivity contribution in [3.63, 3.8) is 0 Å². The number of rotatable bonds is 0. The van der Waals surface area contributed by atoms with Crippen LogP contribution in [0.15, 0.2) is 24.3 Å². The van der Waals surface area contributed by atoms with Gasteiger partial charge in [-0.1, -0.05) is 12.0 Å². The first-order valence-corrected chi connectivity index (χ1v) is 4.25. The van der Waals surface area contributed by atoms with E-state index in [1.165, 1.54) is 16.6 Å². The van der Waals surface area contributed by atoms with E-state index in [9.17, 15) is 0 Å². The molecule has 0 aliphatic carbocycles. The molecule has 1 heterocycles. The summed E-state index contributed by atoms with van der Waals surface area (Å²) in [5, 5.41) is 1.25. The van der Waals surface area contributed by atoms with Crippen molar-refractivity contribution in [1.82, 2.24) is 4.57 Å². The molecular weight excluding hydrogens is 158 g/mol. The summed E-state index contributed by atoms with van der Waals surface area (Å²) in [6.07, 6.45) is 5.34. The minimum absolute atomic E-state index is 0.939. The van der Waals surface area contributed by atoms with Crippen LogP contribution in [0.4, 0.5) is 0 Å². The Balaban J connectivity index is 2.84. The van der Waals surface area contributed by atoms with Crippen LogP contribution < -0.4 is 0 Å². The van der Waals surface area contributed by atoms with Gasteiger partial charge in [-0.2, -0.15) is 0 Å². The zero-order chi connectivity index (χ0) is 9.42. The van der Waals surface area contributed by atoms with Gasteiger partial charge >= 0.3 is 0 Å². The van der Waals surface area contributed by atoms with Gasteiger partial charge in [0.2, 0.25) is 0 Å². The maximum Gasteiger partial charge on any atom is 0.0492 e. The summed E-state index contributed by atoms with van der Waals surface area (Å²) in [7, 11) is 2.05. The average molecular weight is 169 g/mol. The third kappa shape index (κ3) is 1.11. The molecule has 13 heavy (non-hydrogen) atoms. The smallest absolute Gasteiger partial charge is 0.0492 e. The SMILES string of the molecule is C#Cc1ccc2cc(C)n(C)c2c1. The van der Waals surface area contributed by atoms with E-state index in [4.69, 9.17) is 6.42 Å². The molecule has 0 radical (unpaired) electrons. The van der Waals surface area contributed by atoms with Crippen LogP contribution >= 0.6 is 0 Å². The predicted molar refractivity (Wildman–Crippen MR) is 55.6 cm³/mol. The molecule has 64 valence electrons. The summed E-state index contributed by atoms with van der Waals surface area (Å²) in [6.45, 7) is 2.09. The second-order valence-electron chi connectivity index (χ2n) is 3.26. The maximum atomic E-state index is 5.34. The highest BCUT2D eigenvalue weighted by molar-refractivity contribution is 5.82. The van der Waals surface area contributed by atoms with Crippen LogP contribution in [0.2, 0.25) is 0 Å². The lowest BCUT2D eigenvalue weighted by atomic mass is 10.2. The molecule has 1 aromatic carbocycles. The Kier molecular flexibility index (Phi) is 1.63. The summed E-state index contributed by atoms with van der Waals surface area (Å²) >= 11 is 0. The number of aromatic nitrogens is 1. The van der Waals surface area contributed by atoms with Crippen LogP contribution in [0, 0.1) is 19.3 Å². The summed E-state index contributed by atoms with van der Waals surface area (Å²) in [5.74, 6) is 2.64. The van der Waals surface area contributed by atoms with Gasteiger partial charge in [0, 0.05) is 23.8 Å². The summed E-state index contributed by atoms with van der Waals surface area (Å²) < 4.78 is 2.15. The van der Waals surface area contributed by atoms with Gasteiger partial charge in [-0.05, 0) is 30.5 Å². The lowest BCUT2D eigenvalue weighted by molar-refractivity contribution is 0.918. The first kappa shape index (κ1) is 7.94. The fourth-order valence-corrected chi connectivity index (χ4v) is 1.56. The largest absolute Gasteiger partial charge is 0.348 e. The first-order valence-electron chi connectivity index (χ1n) is 4.25. The van der Waals surface area contributed by atoms with Crippen molar-refractivity contribution in [2.24, 2.45) is 7.05 Å². The van der Waals surface area contributed by atoms with Gasteiger partial charge in [0.25, 0.3) is 0 Å². The highest BCUT2D eigenvalue weighted by Crippen LogP contribution is 2.19. The minimum Gasteiger partial charge on any atom is -0.348 e. The molecule has 0 N–H and O–H groups in total. The number of hydrogen-bond acceptors (Lipinski definition) is 0. The normalized spacial score (nSPS) is 10.2. The Morgan fingerprint density at radius 1 is 1.31 bits per heavy atom.